The normalized spacial score (nSPS) is 17.7. The second kappa shape index (κ2) is 8.26. The highest BCUT2D eigenvalue weighted by molar-refractivity contribution is 5.92. The van der Waals surface area contributed by atoms with Crippen molar-refractivity contribution in [2.24, 2.45) is 0 Å². The first-order chi connectivity index (χ1) is 15.1. The van der Waals surface area contributed by atoms with Crippen molar-refractivity contribution in [1.29, 1.82) is 0 Å². The van der Waals surface area contributed by atoms with E-state index in [0.717, 1.165) is 52.2 Å². The number of benzene rings is 1. The van der Waals surface area contributed by atoms with E-state index in [1.54, 1.807) is 5.48 Å². The van der Waals surface area contributed by atoms with Crippen LogP contribution in [-0.4, -0.2) is 75.6 Å². The highest BCUT2D eigenvalue weighted by atomic mass is 16.5. The van der Waals surface area contributed by atoms with Crippen LogP contribution in [0.3, 0.4) is 0 Å². The zero-order valence-electron chi connectivity index (χ0n) is 17.6. The van der Waals surface area contributed by atoms with Crippen molar-refractivity contribution in [3.05, 3.63) is 53.0 Å². The molecule has 1 aromatic carbocycles. The monoisotopic (exact) mass is 421 g/mol. The van der Waals surface area contributed by atoms with Crippen molar-refractivity contribution in [3.8, 4) is 0 Å². The number of H-pyrrole nitrogens is 1. The van der Waals surface area contributed by atoms with Gasteiger partial charge in [0, 0.05) is 86.8 Å². The van der Waals surface area contributed by atoms with E-state index >= 15 is 0 Å². The molecule has 4 heterocycles. The first-order valence-electron chi connectivity index (χ1n) is 10.7. The van der Waals surface area contributed by atoms with Gasteiger partial charge in [-0.3, -0.25) is 14.9 Å². The number of hydrogen-bond donors (Lipinski definition) is 3. The number of hydrogen-bond acceptors (Lipinski definition) is 7. The van der Waals surface area contributed by atoms with Crippen LogP contribution in [0.5, 0.6) is 0 Å². The molecule has 2 aliphatic heterocycles. The minimum Gasteiger partial charge on any atom is -0.358 e. The standard InChI is InChI=1S/C22H27N7O2/c1-27-6-8-28(9-7-27)13-15-2-3-19-17(10-15)18-14-29(5-4-20(18)25-19)22-23-11-16(12-24-22)21(30)26-31/h2-3,10-12,25,31H,4-9,13-14H2,1H3,(H,26,30). The SMILES string of the molecule is CN1CCN(Cc2ccc3[nH]c4c(c3c2)CN(c2ncc(C(=O)NO)cn2)CC4)CC1. The summed E-state index contributed by atoms with van der Waals surface area (Å²) >= 11 is 0. The average molecular weight is 422 g/mol. The number of aromatic nitrogens is 3. The number of aromatic amines is 1. The second-order valence-corrected chi connectivity index (χ2v) is 8.43. The fourth-order valence-corrected chi connectivity index (χ4v) is 4.46. The number of hydroxylamine groups is 1. The Labute approximate surface area is 180 Å². The molecule has 2 aliphatic rings. The minimum atomic E-state index is -0.614. The molecule has 0 aliphatic carbocycles. The number of carbonyl (C=O) groups is 1. The largest absolute Gasteiger partial charge is 0.358 e. The third-order valence-electron chi connectivity index (χ3n) is 6.33. The molecule has 0 bridgehead atoms. The number of nitrogens with zero attached hydrogens (tertiary/aromatic N) is 5. The minimum absolute atomic E-state index is 0.226. The summed E-state index contributed by atoms with van der Waals surface area (Å²) in [4.78, 5) is 30.8. The van der Waals surface area contributed by atoms with Gasteiger partial charge in [0.25, 0.3) is 5.91 Å². The van der Waals surface area contributed by atoms with Crippen molar-refractivity contribution in [2.45, 2.75) is 19.5 Å². The molecule has 0 radical (unpaired) electrons. The number of nitrogens with one attached hydrogen (secondary N) is 2. The highest BCUT2D eigenvalue weighted by Crippen LogP contribution is 2.30. The summed E-state index contributed by atoms with van der Waals surface area (Å²) in [5, 5.41) is 10.0. The average Bonchev–Trinajstić information content (AvgIpc) is 3.17. The predicted molar refractivity (Wildman–Crippen MR) is 117 cm³/mol. The Bertz CT molecular complexity index is 1090. The first-order valence-corrected chi connectivity index (χ1v) is 10.7. The third-order valence-corrected chi connectivity index (χ3v) is 6.33. The van der Waals surface area contributed by atoms with Gasteiger partial charge in [-0.15, -0.1) is 0 Å². The lowest BCUT2D eigenvalue weighted by atomic mass is 10.0. The Kier molecular flexibility index (Phi) is 5.31. The molecular weight excluding hydrogens is 394 g/mol. The van der Waals surface area contributed by atoms with Gasteiger partial charge in [0.15, 0.2) is 0 Å². The quantitative estimate of drug-likeness (QED) is 0.432. The smallest absolute Gasteiger partial charge is 0.277 e. The van der Waals surface area contributed by atoms with E-state index in [1.165, 1.54) is 40.1 Å². The number of likely N-dealkylation sites (N-methyl/N-ethyl adjacent to an activating group) is 1. The topological polar surface area (TPSA) is 101 Å². The highest BCUT2D eigenvalue weighted by Gasteiger charge is 2.23. The van der Waals surface area contributed by atoms with Gasteiger partial charge in [0.05, 0.1) is 5.56 Å². The maximum Gasteiger partial charge on any atom is 0.277 e. The van der Waals surface area contributed by atoms with Crippen LogP contribution >= 0.6 is 0 Å². The summed E-state index contributed by atoms with van der Waals surface area (Å²) in [7, 11) is 2.18. The number of amides is 1. The molecule has 1 fully saturated rings. The van der Waals surface area contributed by atoms with Crippen LogP contribution in [0.4, 0.5) is 5.95 Å². The van der Waals surface area contributed by atoms with Crippen molar-refractivity contribution in [2.75, 3.05) is 44.7 Å². The zero-order valence-corrected chi connectivity index (χ0v) is 17.6. The number of anilines is 1. The molecule has 0 spiro atoms. The molecule has 31 heavy (non-hydrogen) atoms. The van der Waals surface area contributed by atoms with Crippen molar-refractivity contribution in [1.82, 2.24) is 30.2 Å². The van der Waals surface area contributed by atoms with Crippen molar-refractivity contribution >= 4 is 22.8 Å². The molecule has 3 aromatic rings. The molecule has 0 unspecified atom stereocenters. The van der Waals surface area contributed by atoms with Crippen LogP contribution < -0.4 is 10.4 Å². The Hall–Kier alpha value is -3.01. The van der Waals surface area contributed by atoms with E-state index < -0.39 is 5.91 Å². The Morgan fingerprint density at radius 2 is 1.94 bits per heavy atom. The predicted octanol–water partition coefficient (Wildman–Crippen LogP) is 1.39. The van der Waals surface area contributed by atoms with E-state index in [1.807, 2.05) is 0 Å². The van der Waals surface area contributed by atoms with Crippen molar-refractivity contribution < 1.29 is 10.0 Å². The zero-order chi connectivity index (χ0) is 21.4. The summed E-state index contributed by atoms with van der Waals surface area (Å²) in [6.45, 7) is 6.96. The van der Waals surface area contributed by atoms with Crippen LogP contribution in [0.2, 0.25) is 0 Å². The van der Waals surface area contributed by atoms with E-state index in [2.05, 4.69) is 54.9 Å². The molecule has 162 valence electrons. The van der Waals surface area contributed by atoms with Gasteiger partial charge in [-0.05, 0) is 24.7 Å². The second-order valence-electron chi connectivity index (χ2n) is 8.43. The van der Waals surface area contributed by atoms with E-state index in [0.29, 0.717) is 5.95 Å². The van der Waals surface area contributed by atoms with Crippen molar-refractivity contribution in [3.63, 3.8) is 0 Å². The summed E-state index contributed by atoms with van der Waals surface area (Å²) in [6.07, 6.45) is 3.76. The molecule has 5 rings (SSSR count). The first kappa shape index (κ1) is 19.9. The number of rotatable bonds is 4. The van der Waals surface area contributed by atoms with Gasteiger partial charge in [-0.2, -0.15) is 0 Å². The van der Waals surface area contributed by atoms with Gasteiger partial charge in [0.1, 0.15) is 0 Å². The summed E-state index contributed by atoms with van der Waals surface area (Å²) < 4.78 is 0. The Morgan fingerprint density at radius 3 is 2.68 bits per heavy atom. The van der Waals surface area contributed by atoms with E-state index in [4.69, 9.17) is 5.21 Å². The summed E-state index contributed by atoms with van der Waals surface area (Å²) in [5.41, 5.74) is 6.91. The number of fused-ring (bicyclic) bond motifs is 3. The van der Waals surface area contributed by atoms with Gasteiger partial charge in [-0.1, -0.05) is 6.07 Å². The molecule has 3 N–H and O–H groups in total. The number of piperazine rings is 1. The molecule has 9 heteroatoms. The summed E-state index contributed by atoms with van der Waals surface area (Å²) in [6, 6.07) is 6.75. The van der Waals surface area contributed by atoms with Crippen LogP contribution in [0, 0.1) is 0 Å². The van der Waals surface area contributed by atoms with Crippen LogP contribution in [0.25, 0.3) is 10.9 Å². The number of carbonyl (C=O) groups excluding carboxylic acids is 1. The van der Waals surface area contributed by atoms with Gasteiger partial charge in [0.2, 0.25) is 5.95 Å². The molecular formula is C22H27N7O2. The lowest BCUT2D eigenvalue weighted by Gasteiger charge is -2.32. The molecule has 1 amide bonds. The molecule has 0 atom stereocenters. The lowest BCUT2D eigenvalue weighted by molar-refractivity contribution is 0.0705. The molecule has 2 aromatic heterocycles. The molecule has 1 saturated heterocycles. The van der Waals surface area contributed by atoms with E-state index in [-0.39, 0.29) is 5.56 Å². The van der Waals surface area contributed by atoms with Gasteiger partial charge in [-0.25, -0.2) is 15.4 Å². The Morgan fingerprint density at radius 1 is 1.16 bits per heavy atom. The van der Waals surface area contributed by atoms with Crippen LogP contribution in [0.15, 0.2) is 30.6 Å². The van der Waals surface area contributed by atoms with Gasteiger partial charge < -0.3 is 14.8 Å². The maximum absolute atomic E-state index is 11.5. The fourth-order valence-electron chi connectivity index (χ4n) is 4.46. The van der Waals surface area contributed by atoms with Gasteiger partial charge >= 0.3 is 0 Å². The third kappa shape index (κ3) is 3.99. The fraction of sp³-hybridized carbons (Fsp3) is 0.409. The Balaban J connectivity index is 1.36. The van der Waals surface area contributed by atoms with Crippen LogP contribution in [-0.2, 0) is 19.5 Å². The molecule has 9 nitrogen and oxygen atoms in total. The summed E-state index contributed by atoms with van der Waals surface area (Å²) in [5.74, 6) is -0.0277. The van der Waals surface area contributed by atoms with Crippen LogP contribution in [0.1, 0.15) is 27.2 Å². The maximum atomic E-state index is 11.5. The molecule has 0 saturated carbocycles. The van der Waals surface area contributed by atoms with E-state index in [9.17, 15) is 4.79 Å². The lowest BCUT2D eigenvalue weighted by Crippen LogP contribution is -2.43.